The summed E-state index contributed by atoms with van der Waals surface area (Å²) in [5, 5.41) is 6.51. The first-order valence-electron chi connectivity index (χ1n) is 6.56. The van der Waals surface area contributed by atoms with E-state index in [1.54, 1.807) is 31.5 Å². The summed E-state index contributed by atoms with van der Waals surface area (Å²) in [4.78, 5) is 3.89. The standard InChI is InChI=1S/C15H13F3N4S/c1-10(11-6-8-19-9-7-11)21-22-14(23)20-13-5-3-2-4-12(13)15(16,17)18/h2-9H,1H3,(H2,20,22,23). The van der Waals surface area contributed by atoms with Crippen molar-refractivity contribution >= 4 is 28.7 Å². The van der Waals surface area contributed by atoms with E-state index in [-0.39, 0.29) is 10.8 Å². The Kier molecular flexibility index (Phi) is 5.28. The number of benzene rings is 1. The van der Waals surface area contributed by atoms with Crippen LogP contribution in [0.15, 0.2) is 53.9 Å². The van der Waals surface area contributed by atoms with E-state index >= 15 is 0 Å². The van der Waals surface area contributed by atoms with E-state index < -0.39 is 11.7 Å². The van der Waals surface area contributed by atoms with Gasteiger partial charge in [-0.25, -0.2) is 0 Å². The zero-order chi connectivity index (χ0) is 16.9. The van der Waals surface area contributed by atoms with Gasteiger partial charge in [-0.2, -0.15) is 18.3 Å². The lowest BCUT2D eigenvalue weighted by molar-refractivity contribution is -0.136. The molecule has 8 heteroatoms. The molecule has 120 valence electrons. The van der Waals surface area contributed by atoms with Crippen LogP contribution in [0.4, 0.5) is 18.9 Å². The Hall–Kier alpha value is -2.48. The number of thiocarbonyl (C=S) groups is 1. The van der Waals surface area contributed by atoms with Gasteiger partial charge in [-0.15, -0.1) is 0 Å². The molecule has 0 bridgehead atoms. The van der Waals surface area contributed by atoms with Crippen LogP contribution in [0.1, 0.15) is 18.1 Å². The van der Waals surface area contributed by atoms with Crippen LogP contribution in [0.2, 0.25) is 0 Å². The highest BCUT2D eigenvalue weighted by molar-refractivity contribution is 7.80. The largest absolute Gasteiger partial charge is 0.418 e. The SMILES string of the molecule is CC(=NNC(=S)Nc1ccccc1C(F)(F)F)c1ccncc1. The maximum atomic E-state index is 12.9. The Morgan fingerprint density at radius 3 is 2.43 bits per heavy atom. The predicted octanol–water partition coefficient (Wildman–Crippen LogP) is 3.81. The summed E-state index contributed by atoms with van der Waals surface area (Å²) in [6.45, 7) is 1.74. The zero-order valence-electron chi connectivity index (χ0n) is 12.1. The number of hydrogen-bond acceptors (Lipinski definition) is 3. The second kappa shape index (κ2) is 7.19. The zero-order valence-corrected chi connectivity index (χ0v) is 12.9. The first-order valence-corrected chi connectivity index (χ1v) is 6.96. The van der Waals surface area contributed by atoms with Gasteiger partial charge in [0.2, 0.25) is 0 Å². The van der Waals surface area contributed by atoms with Crippen molar-refractivity contribution < 1.29 is 13.2 Å². The molecular formula is C15H13F3N4S. The van der Waals surface area contributed by atoms with Crippen LogP contribution in [0.25, 0.3) is 0 Å². The van der Waals surface area contributed by atoms with Gasteiger partial charge in [0.25, 0.3) is 0 Å². The van der Waals surface area contributed by atoms with E-state index in [4.69, 9.17) is 12.2 Å². The van der Waals surface area contributed by atoms with Gasteiger partial charge in [-0.1, -0.05) is 12.1 Å². The number of alkyl halides is 3. The second-order valence-corrected chi connectivity index (χ2v) is 4.95. The van der Waals surface area contributed by atoms with E-state index in [9.17, 15) is 13.2 Å². The highest BCUT2D eigenvalue weighted by Gasteiger charge is 2.33. The quantitative estimate of drug-likeness (QED) is 0.508. The average Bonchev–Trinajstić information content (AvgIpc) is 2.53. The van der Waals surface area contributed by atoms with Crippen molar-refractivity contribution in [2.45, 2.75) is 13.1 Å². The first-order chi connectivity index (χ1) is 10.9. The molecule has 0 amide bonds. The van der Waals surface area contributed by atoms with Crippen molar-refractivity contribution in [2.75, 3.05) is 5.32 Å². The number of nitrogens with one attached hydrogen (secondary N) is 2. The molecule has 2 rings (SSSR count). The second-order valence-electron chi connectivity index (χ2n) is 4.54. The molecule has 1 heterocycles. The number of hydrazone groups is 1. The molecule has 0 aliphatic heterocycles. The molecule has 0 fully saturated rings. The molecule has 1 aromatic heterocycles. The first kappa shape index (κ1) is 16.9. The summed E-state index contributed by atoms with van der Waals surface area (Å²) >= 11 is 4.98. The third-order valence-electron chi connectivity index (χ3n) is 2.90. The molecule has 23 heavy (non-hydrogen) atoms. The Bertz CT molecular complexity index is 714. The number of rotatable bonds is 3. The lowest BCUT2D eigenvalue weighted by atomic mass is 10.2. The van der Waals surface area contributed by atoms with Gasteiger partial charge < -0.3 is 5.32 Å². The summed E-state index contributed by atoms with van der Waals surface area (Å²) in [6.07, 6.45) is -1.23. The molecule has 0 radical (unpaired) electrons. The molecule has 0 aliphatic carbocycles. The lowest BCUT2D eigenvalue weighted by Gasteiger charge is -2.14. The maximum Gasteiger partial charge on any atom is 0.418 e. The van der Waals surface area contributed by atoms with Crippen LogP contribution in [-0.4, -0.2) is 15.8 Å². The Balaban J connectivity index is 2.07. The number of anilines is 1. The molecule has 0 saturated carbocycles. The van der Waals surface area contributed by atoms with Gasteiger partial charge in [0.1, 0.15) is 0 Å². The van der Waals surface area contributed by atoms with Crippen molar-refractivity contribution in [3.8, 4) is 0 Å². The van der Waals surface area contributed by atoms with E-state index in [2.05, 4.69) is 20.8 Å². The third-order valence-corrected chi connectivity index (χ3v) is 3.10. The number of hydrogen-bond donors (Lipinski definition) is 2. The fraction of sp³-hybridized carbons (Fsp3) is 0.133. The lowest BCUT2D eigenvalue weighted by Crippen LogP contribution is -2.26. The number of pyridine rings is 1. The summed E-state index contributed by atoms with van der Waals surface area (Å²) in [7, 11) is 0. The van der Waals surface area contributed by atoms with Gasteiger partial charge in [-0.05, 0) is 43.4 Å². The van der Waals surface area contributed by atoms with E-state index in [0.717, 1.165) is 11.6 Å². The summed E-state index contributed by atoms with van der Waals surface area (Å²) in [5.41, 5.74) is 3.06. The van der Waals surface area contributed by atoms with Crippen molar-refractivity contribution in [1.29, 1.82) is 0 Å². The minimum absolute atomic E-state index is 0.0323. The fourth-order valence-electron chi connectivity index (χ4n) is 1.78. The smallest absolute Gasteiger partial charge is 0.331 e. The van der Waals surface area contributed by atoms with Crippen LogP contribution in [-0.2, 0) is 6.18 Å². The minimum Gasteiger partial charge on any atom is -0.331 e. The van der Waals surface area contributed by atoms with Gasteiger partial charge in [0, 0.05) is 18.0 Å². The monoisotopic (exact) mass is 338 g/mol. The van der Waals surface area contributed by atoms with E-state index in [1.165, 1.54) is 18.2 Å². The molecule has 0 saturated heterocycles. The molecule has 2 aromatic rings. The highest BCUT2D eigenvalue weighted by Crippen LogP contribution is 2.34. The highest BCUT2D eigenvalue weighted by atomic mass is 32.1. The van der Waals surface area contributed by atoms with Crippen LogP contribution < -0.4 is 10.7 Å². The van der Waals surface area contributed by atoms with Gasteiger partial charge in [-0.3, -0.25) is 10.4 Å². The molecule has 0 aliphatic rings. The van der Waals surface area contributed by atoms with Gasteiger partial charge >= 0.3 is 6.18 Å². The van der Waals surface area contributed by atoms with Crippen LogP contribution in [0.5, 0.6) is 0 Å². The average molecular weight is 338 g/mol. The number of nitrogens with zero attached hydrogens (tertiary/aromatic N) is 2. The Morgan fingerprint density at radius 2 is 1.78 bits per heavy atom. The normalized spacial score (nSPS) is 11.9. The van der Waals surface area contributed by atoms with Crippen molar-refractivity contribution in [3.63, 3.8) is 0 Å². The van der Waals surface area contributed by atoms with Crippen molar-refractivity contribution in [1.82, 2.24) is 10.4 Å². The van der Waals surface area contributed by atoms with E-state index in [1.807, 2.05) is 0 Å². The molecular weight excluding hydrogens is 325 g/mol. The molecule has 0 spiro atoms. The molecule has 0 unspecified atom stereocenters. The maximum absolute atomic E-state index is 12.9. The van der Waals surface area contributed by atoms with Crippen molar-refractivity contribution in [2.24, 2.45) is 5.10 Å². The summed E-state index contributed by atoms with van der Waals surface area (Å²) < 4.78 is 38.7. The molecule has 4 nitrogen and oxygen atoms in total. The van der Waals surface area contributed by atoms with Crippen LogP contribution in [0, 0.1) is 0 Å². The van der Waals surface area contributed by atoms with Crippen LogP contribution >= 0.6 is 12.2 Å². The third kappa shape index (κ3) is 4.75. The van der Waals surface area contributed by atoms with E-state index in [0.29, 0.717) is 5.71 Å². The molecule has 1 aromatic carbocycles. The summed E-state index contributed by atoms with van der Waals surface area (Å²) in [5.74, 6) is 0. The fourth-order valence-corrected chi connectivity index (χ4v) is 1.94. The van der Waals surface area contributed by atoms with Crippen molar-refractivity contribution in [3.05, 3.63) is 59.9 Å². The summed E-state index contributed by atoms with van der Waals surface area (Å²) in [6, 6.07) is 8.61. The predicted molar refractivity (Wildman–Crippen MR) is 87.2 cm³/mol. The van der Waals surface area contributed by atoms with Gasteiger partial charge in [0.15, 0.2) is 5.11 Å². The minimum atomic E-state index is -4.46. The Morgan fingerprint density at radius 1 is 1.13 bits per heavy atom. The Labute approximate surface area is 136 Å². The molecule has 0 atom stereocenters. The number of halogens is 3. The number of aromatic nitrogens is 1. The van der Waals surface area contributed by atoms with Crippen LogP contribution in [0.3, 0.4) is 0 Å². The van der Waals surface area contributed by atoms with Gasteiger partial charge in [0.05, 0.1) is 17.0 Å². The molecule has 2 N–H and O–H groups in total. The topological polar surface area (TPSA) is 49.3 Å². The number of para-hydroxylation sites is 1.